The molecule has 0 bridgehead atoms. The fourth-order valence-corrected chi connectivity index (χ4v) is 2.60. The van der Waals surface area contributed by atoms with Gasteiger partial charge in [0.2, 0.25) is 0 Å². The third kappa shape index (κ3) is 3.82. The molecule has 0 aliphatic carbocycles. The Morgan fingerprint density at radius 1 is 1.16 bits per heavy atom. The molecule has 0 unspecified atom stereocenters. The SMILES string of the molecule is CN(CCC(=O)O)C(=O)c1cccc(Cn2nnc3ccccc32)c1. The minimum Gasteiger partial charge on any atom is -0.481 e. The molecule has 0 atom stereocenters. The molecular formula is C18H18N4O3. The van der Waals surface area contributed by atoms with E-state index in [1.807, 2.05) is 36.4 Å². The van der Waals surface area contributed by atoms with Gasteiger partial charge in [0, 0.05) is 19.2 Å². The van der Waals surface area contributed by atoms with Crippen LogP contribution in [0.2, 0.25) is 0 Å². The minimum absolute atomic E-state index is 0.0765. The maximum absolute atomic E-state index is 12.4. The van der Waals surface area contributed by atoms with Gasteiger partial charge in [-0.3, -0.25) is 9.59 Å². The summed E-state index contributed by atoms with van der Waals surface area (Å²) in [6.45, 7) is 0.673. The highest BCUT2D eigenvalue weighted by Crippen LogP contribution is 2.14. The van der Waals surface area contributed by atoms with Gasteiger partial charge in [-0.1, -0.05) is 29.5 Å². The third-order valence-electron chi connectivity index (χ3n) is 3.93. The first-order chi connectivity index (χ1) is 12.0. The van der Waals surface area contributed by atoms with Crippen LogP contribution in [0.4, 0.5) is 0 Å². The van der Waals surface area contributed by atoms with Crippen molar-refractivity contribution in [3.05, 3.63) is 59.7 Å². The fourth-order valence-electron chi connectivity index (χ4n) is 2.60. The van der Waals surface area contributed by atoms with E-state index in [0.717, 1.165) is 16.6 Å². The van der Waals surface area contributed by atoms with E-state index in [-0.39, 0.29) is 18.9 Å². The predicted molar refractivity (Wildman–Crippen MR) is 92.3 cm³/mol. The van der Waals surface area contributed by atoms with Crippen LogP contribution in [0.25, 0.3) is 11.0 Å². The van der Waals surface area contributed by atoms with E-state index in [0.29, 0.717) is 12.1 Å². The van der Waals surface area contributed by atoms with Gasteiger partial charge in [0.25, 0.3) is 5.91 Å². The van der Waals surface area contributed by atoms with Gasteiger partial charge in [-0.25, -0.2) is 4.68 Å². The van der Waals surface area contributed by atoms with Gasteiger partial charge in [-0.2, -0.15) is 0 Å². The molecular weight excluding hydrogens is 320 g/mol. The normalized spacial score (nSPS) is 10.8. The Balaban J connectivity index is 1.77. The lowest BCUT2D eigenvalue weighted by Gasteiger charge is -2.16. The first-order valence-electron chi connectivity index (χ1n) is 7.89. The third-order valence-corrected chi connectivity index (χ3v) is 3.93. The number of carbonyl (C=O) groups is 2. The standard InChI is InChI=1S/C18H18N4O3/c1-21(10-9-17(23)24)18(25)14-6-4-5-13(11-14)12-22-16-8-3-2-7-15(16)19-20-22/h2-8,11H,9-10,12H2,1H3,(H,23,24). The average Bonchev–Trinajstić information content (AvgIpc) is 3.02. The summed E-state index contributed by atoms with van der Waals surface area (Å²) in [7, 11) is 1.60. The molecule has 0 aliphatic heterocycles. The summed E-state index contributed by atoms with van der Waals surface area (Å²) < 4.78 is 1.78. The first-order valence-corrected chi connectivity index (χ1v) is 7.89. The number of hydrogen-bond acceptors (Lipinski definition) is 4. The zero-order valence-corrected chi connectivity index (χ0v) is 13.8. The van der Waals surface area contributed by atoms with Gasteiger partial charge in [-0.05, 0) is 29.8 Å². The number of carbonyl (C=O) groups excluding carboxylic acids is 1. The number of hydrogen-bond donors (Lipinski definition) is 1. The second kappa shape index (κ2) is 7.12. The Morgan fingerprint density at radius 2 is 1.96 bits per heavy atom. The molecule has 0 aliphatic rings. The number of para-hydroxylation sites is 1. The van der Waals surface area contributed by atoms with Crippen molar-refractivity contribution >= 4 is 22.9 Å². The zero-order valence-electron chi connectivity index (χ0n) is 13.8. The molecule has 3 rings (SSSR count). The molecule has 0 fully saturated rings. The van der Waals surface area contributed by atoms with Crippen molar-refractivity contribution in [1.29, 1.82) is 0 Å². The molecule has 0 spiro atoms. The molecule has 1 aromatic heterocycles. The van der Waals surface area contributed by atoms with Crippen LogP contribution in [-0.4, -0.2) is 50.5 Å². The Morgan fingerprint density at radius 3 is 2.76 bits per heavy atom. The van der Waals surface area contributed by atoms with Gasteiger partial charge in [0.05, 0.1) is 18.5 Å². The van der Waals surface area contributed by atoms with Crippen molar-refractivity contribution < 1.29 is 14.7 Å². The summed E-state index contributed by atoms with van der Waals surface area (Å²) >= 11 is 0. The van der Waals surface area contributed by atoms with Crippen molar-refractivity contribution in [3.8, 4) is 0 Å². The highest BCUT2D eigenvalue weighted by molar-refractivity contribution is 5.94. The molecule has 7 nitrogen and oxygen atoms in total. The van der Waals surface area contributed by atoms with Gasteiger partial charge < -0.3 is 10.0 Å². The molecule has 1 heterocycles. The number of nitrogens with zero attached hydrogens (tertiary/aromatic N) is 4. The van der Waals surface area contributed by atoms with Gasteiger partial charge >= 0.3 is 5.97 Å². The maximum Gasteiger partial charge on any atom is 0.305 e. The fraction of sp³-hybridized carbons (Fsp3) is 0.222. The Hall–Kier alpha value is -3.22. The van der Waals surface area contributed by atoms with Gasteiger partial charge in [0.15, 0.2) is 0 Å². The van der Waals surface area contributed by atoms with E-state index >= 15 is 0 Å². The molecule has 7 heteroatoms. The second-order valence-corrected chi connectivity index (χ2v) is 5.81. The number of aromatic nitrogens is 3. The van der Waals surface area contributed by atoms with Crippen LogP contribution in [0.3, 0.4) is 0 Å². The minimum atomic E-state index is -0.925. The number of benzene rings is 2. The molecule has 1 amide bonds. The summed E-state index contributed by atoms with van der Waals surface area (Å²) in [6, 6.07) is 14.9. The first kappa shape index (κ1) is 16.6. The van der Waals surface area contributed by atoms with E-state index in [4.69, 9.17) is 5.11 Å². The smallest absolute Gasteiger partial charge is 0.305 e. The van der Waals surface area contributed by atoms with Gasteiger partial charge in [-0.15, -0.1) is 5.10 Å². The highest BCUT2D eigenvalue weighted by atomic mass is 16.4. The number of carboxylic acids is 1. The zero-order chi connectivity index (χ0) is 17.8. The largest absolute Gasteiger partial charge is 0.481 e. The van der Waals surface area contributed by atoms with Crippen LogP contribution in [0, 0.1) is 0 Å². The van der Waals surface area contributed by atoms with E-state index in [1.165, 1.54) is 4.90 Å². The summed E-state index contributed by atoms with van der Waals surface area (Å²) in [4.78, 5) is 24.5. The lowest BCUT2D eigenvalue weighted by Crippen LogP contribution is -2.29. The summed E-state index contributed by atoms with van der Waals surface area (Å²) in [5.41, 5.74) is 3.20. The Bertz CT molecular complexity index is 919. The quantitative estimate of drug-likeness (QED) is 0.743. The second-order valence-electron chi connectivity index (χ2n) is 5.81. The van der Waals surface area contributed by atoms with Crippen LogP contribution in [0.5, 0.6) is 0 Å². The molecule has 0 saturated carbocycles. The molecule has 25 heavy (non-hydrogen) atoms. The van der Waals surface area contributed by atoms with Crippen LogP contribution < -0.4 is 0 Å². The van der Waals surface area contributed by atoms with E-state index in [2.05, 4.69) is 10.3 Å². The lowest BCUT2D eigenvalue weighted by molar-refractivity contribution is -0.137. The van der Waals surface area contributed by atoms with Crippen molar-refractivity contribution in [2.24, 2.45) is 0 Å². The van der Waals surface area contributed by atoms with Crippen LogP contribution in [-0.2, 0) is 11.3 Å². The van der Waals surface area contributed by atoms with Crippen molar-refractivity contribution in [2.75, 3.05) is 13.6 Å². The van der Waals surface area contributed by atoms with Crippen LogP contribution in [0.1, 0.15) is 22.3 Å². The Kier molecular flexibility index (Phi) is 4.74. The summed E-state index contributed by atoms with van der Waals surface area (Å²) in [6.07, 6.45) is -0.0765. The molecule has 0 radical (unpaired) electrons. The molecule has 3 aromatic rings. The number of fused-ring (bicyclic) bond motifs is 1. The van der Waals surface area contributed by atoms with E-state index in [9.17, 15) is 9.59 Å². The average molecular weight is 338 g/mol. The van der Waals surface area contributed by atoms with Crippen LogP contribution >= 0.6 is 0 Å². The molecule has 2 aromatic carbocycles. The molecule has 1 N–H and O–H groups in total. The lowest BCUT2D eigenvalue weighted by atomic mass is 10.1. The maximum atomic E-state index is 12.4. The van der Waals surface area contributed by atoms with E-state index in [1.54, 1.807) is 23.9 Å². The number of aliphatic carboxylic acids is 1. The number of carboxylic acid groups (broad SMARTS) is 1. The summed E-state index contributed by atoms with van der Waals surface area (Å²) in [5.74, 6) is -1.13. The number of amides is 1. The van der Waals surface area contributed by atoms with Crippen molar-refractivity contribution in [3.63, 3.8) is 0 Å². The molecule has 0 saturated heterocycles. The van der Waals surface area contributed by atoms with Crippen molar-refractivity contribution in [2.45, 2.75) is 13.0 Å². The topological polar surface area (TPSA) is 88.3 Å². The van der Waals surface area contributed by atoms with Crippen LogP contribution in [0.15, 0.2) is 48.5 Å². The highest BCUT2D eigenvalue weighted by Gasteiger charge is 2.13. The monoisotopic (exact) mass is 338 g/mol. The molecule has 128 valence electrons. The van der Waals surface area contributed by atoms with Gasteiger partial charge in [0.1, 0.15) is 5.52 Å². The number of rotatable bonds is 6. The van der Waals surface area contributed by atoms with Crippen molar-refractivity contribution in [1.82, 2.24) is 19.9 Å². The predicted octanol–water partition coefficient (Wildman–Crippen LogP) is 2.03. The Labute approximate surface area is 144 Å². The van der Waals surface area contributed by atoms with E-state index < -0.39 is 5.97 Å². The summed E-state index contributed by atoms with van der Waals surface area (Å²) in [5, 5.41) is 17.0.